The highest BCUT2D eigenvalue weighted by Crippen LogP contribution is 2.23. The van der Waals surface area contributed by atoms with Crippen LogP contribution in [-0.2, 0) is 11.2 Å². The van der Waals surface area contributed by atoms with Crippen LogP contribution in [0.3, 0.4) is 0 Å². The van der Waals surface area contributed by atoms with E-state index in [9.17, 15) is 14.7 Å². The molecule has 0 radical (unpaired) electrons. The van der Waals surface area contributed by atoms with Crippen LogP contribution in [0.15, 0.2) is 18.2 Å². The summed E-state index contributed by atoms with van der Waals surface area (Å²) in [5.74, 6) is -0.0896. The first-order valence-electron chi connectivity index (χ1n) is 6.86. The van der Waals surface area contributed by atoms with Gasteiger partial charge in [-0.25, -0.2) is 0 Å². The van der Waals surface area contributed by atoms with E-state index in [2.05, 4.69) is 10.6 Å². The van der Waals surface area contributed by atoms with Crippen molar-refractivity contribution in [1.29, 1.82) is 0 Å². The first-order valence-corrected chi connectivity index (χ1v) is 6.86. The third-order valence-electron chi connectivity index (χ3n) is 3.50. The van der Waals surface area contributed by atoms with Crippen LogP contribution < -0.4 is 10.6 Å². The standard InChI is InChI=1S/C15H20N2O3/c1-9(2)13(18)8-16-15(20)11-3-5-12-10(7-11)4-6-14(19)17-12/h3,5,7,9,13,18H,4,6,8H2,1-2H3,(H,16,20)(H,17,19). The Morgan fingerprint density at radius 2 is 2.15 bits per heavy atom. The molecule has 0 saturated heterocycles. The first-order chi connectivity index (χ1) is 9.47. The lowest BCUT2D eigenvalue weighted by molar-refractivity contribution is -0.116. The van der Waals surface area contributed by atoms with Crippen LogP contribution in [0.4, 0.5) is 5.69 Å². The van der Waals surface area contributed by atoms with Crippen molar-refractivity contribution in [3.63, 3.8) is 0 Å². The Balaban J connectivity index is 2.02. The molecule has 1 aromatic rings. The largest absolute Gasteiger partial charge is 0.391 e. The number of rotatable bonds is 4. The zero-order valence-corrected chi connectivity index (χ0v) is 11.8. The predicted molar refractivity (Wildman–Crippen MR) is 76.6 cm³/mol. The van der Waals surface area contributed by atoms with Crippen molar-refractivity contribution in [1.82, 2.24) is 5.32 Å². The third kappa shape index (κ3) is 3.36. The lowest BCUT2D eigenvalue weighted by Crippen LogP contribution is -2.34. The summed E-state index contributed by atoms with van der Waals surface area (Å²) in [4.78, 5) is 23.3. The Labute approximate surface area is 118 Å². The van der Waals surface area contributed by atoms with Gasteiger partial charge in [0.25, 0.3) is 5.91 Å². The quantitative estimate of drug-likeness (QED) is 0.776. The van der Waals surface area contributed by atoms with Crippen molar-refractivity contribution in [2.75, 3.05) is 11.9 Å². The van der Waals surface area contributed by atoms with Crippen molar-refractivity contribution >= 4 is 17.5 Å². The fourth-order valence-corrected chi connectivity index (χ4v) is 2.06. The second kappa shape index (κ2) is 6.05. The van der Waals surface area contributed by atoms with Crippen molar-refractivity contribution in [2.45, 2.75) is 32.8 Å². The van der Waals surface area contributed by atoms with Gasteiger partial charge in [-0.3, -0.25) is 9.59 Å². The Bertz CT molecular complexity index is 526. The number of nitrogens with one attached hydrogen (secondary N) is 2. The average Bonchev–Trinajstić information content (AvgIpc) is 2.43. The summed E-state index contributed by atoms with van der Waals surface area (Å²) in [6.07, 6.45) is 0.553. The maximum absolute atomic E-state index is 12.0. The van der Waals surface area contributed by atoms with Gasteiger partial charge in [0.2, 0.25) is 5.91 Å². The van der Waals surface area contributed by atoms with Crippen LogP contribution in [0.5, 0.6) is 0 Å². The molecule has 1 atom stereocenters. The highest BCUT2D eigenvalue weighted by Gasteiger charge is 2.17. The number of hydrogen-bond donors (Lipinski definition) is 3. The maximum Gasteiger partial charge on any atom is 0.251 e. The molecule has 0 saturated carbocycles. The molecule has 0 bridgehead atoms. The number of aliphatic hydroxyl groups excluding tert-OH is 1. The summed E-state index contributed by atoms with van der Waals surface area (Å²) in [5, 5.41) is 15.2. The molecule has 0 aromatic heterocycles. The van der Waals surface area contributed by atoms with E-state index in [1.807, 2.05) is 13.8 Å². The summed E-state index contributed by atoms with van der Waals surface area (Å²) in [6, 6.07) is 5.23. The summed E-state index contributed by atoms with van der Waals surface area (Å²) in [6.45, 7) is 4.04. The fourth-order valence-electron chi connectivity index (χ4n) is 2.06. The molecule has 108 valence electrons. The number of carbonyl (C=O) groups is 2. The molecule has 3 N–H and O–H groups in total. The van der Waals surface area contributed by atoms with Gasteiger partial charge in [0.1, 0.15) is 0 Å². The van der Waals surface area contributed by atoms with Crippen molar-refractivity contribution in [3.8, 4) is 0 Å². The van der Waals surface area contributed by atoms with E-state index in [1.54, 1.807) is 18.2 Å². The SMILES string of the molecule is CC(C)C(O)CNC(=O)c1ccc2c(c1)CCC(=O)N2. The molecule has 1 heterocycles. The van der Waals surface area contributed by atoms with Gasteiger partial charge in [0.05, 0.1) is 6.10 Å². The molecule has 0 spiro atoms. The van der Waals surface area contributed by atoms with E-state index < -0.39 is 6.10 Å². The number of aliphatic hydroxyl groups is 1. The van der Waals surface area contributed by atoms with E-state index in [4.69, 9.17) is 0 Å². The molecule has 1 aromatic carbocycles. The van der Waals surface area contributed by atoms with Gasteiger partial charge < -0.3 is 15.7 Å². The molecule has 20 heavy (non-hydrogen) atoms. The van der Waals surface area contributed by atoms with Crippen molar-refractivity contribution < 1.29 is 14.7 Å². The minimum atomic E-state index is -0.545. The smallest absolute Gasteiger partial charge is 0.251 e. The van der Waals surface area contributed by atoms with Crippen LogP contribution in [-0.4, -0.2) is 29.6 Å². The Hall–Kier alpha value is -1.88. The number of benzene rings is 1. The highest BCUT2D eigenvalue weighted by atomic mass is 16.3. The van der Waals surface area contributed by atoms with Crippen LogP contribution in [0.25, 0.3) is 0 Å². The van der Waals surface area contributed by atoms with Gasteiger partial charge in [-0.15, -0.1) is 0 Å². The molecule has 1 aliphatic heterocycles. The molecule has 1 unspecified atom stereocenters. The molecular weight excluding hydrogens is 256 g/mol. The van der Waals surface area contributed by atoms with Gasteiger partial charge in [0.15, 0.2) is 0 Å². The van der Waals surface area contributed by atoms with Crippen molar-refractivity contribution in [3.05, 3.63) is 29.3 Å². The summed E-state index contributed by atoms with van der Waals surface area (Å²) in [5.41, 5.74) is 2.30. The van der Waals surface area contributed by atoms with Gasteiger partial charge >= 0.3 is 0 Å². The molecule has 2 rings (SSSR count). The normalized spacial score (nSPS) is 15.5. The Morgan fingerprint density at radius 3 is 2.85 bits per heavy atom. The minimum Gasteiger partial charge on any atom is -0.391 e. The van der Waals surface area contributed by atoms with E-state index in [-0.39, 0.29) is 24.3 Å². The Morgan fingerprint density at radius 1 is 1.40 bits per heavy atom. The number of amides is 2. The number of fused-ring (bicyclic) bond motifs is 1. The van der Waals surface area contributed by atoms with E-state index >= 15 is 0 Å². The average molecular weight is 276 g/mol. The molecule has 0 aliphatic carbocycles. The molecule has 0 fully saturated rings. The monoisotopic (exact) mass is 276 g/mol. The first kappa shape index (κ1) is 14.5. The Kier molecular flexibility index (Phi) is 4.39. The van der Waals surface area contributed by atoms with E-state index in [0.29, 0.717) is 18.4 Å². The summed E-state index contributed by atoms with van der Waals surface area (Å²) >= 11 is 0. The highest BCUT2D eigenvalue weighted by molar-refractivity contribution is 5.97. The second-order valence-electron chi connectivity index (χ2n) is 5.44. The number of anilines is 1. The third-order valence-corrected chi connectivity index (χ3v) is 3.50. The zero-order chi connectivity index (χ0) is 14.7. The maximum atomic E-state index is 12.0. The van der Waals surface area contributed by atoms with Crippen LogP contribution >= 0.6 is 0 Å². The molecule has 1 aliphatic rings. The zero-order valence-electron chi connectivity index (χ0n) is 11.8. The number of carbonyl (C=O) groups excluding carboxylic acids is 2. The van der Waals surface area contributed by atoms with Crippen LogP contribution in [0, 0.1) is 5.92 Å². The fraction of sp³-hybridized carbons (Fsp3) is 0.467. The van der Waals surface area contributed by atoms with Crippen molar-refractivity contribution in [2.24, 2.45) is 5.92 Å². The van der Waals surface area contributed by atoms with E-state index in [0.717, 1.165) is 11.3 Å². The minimum absolute atomic E-state index is 0.00903. The predicted octanol–water partition coefficient (Wildman–Crippen LogP) is 1.32. The van der Waals surface area contributed by atoms with Gasteiger partial charge in [0, 0.05) is 24.2 Å². The van der Waals surface area contributed by atoms with Gasteiger partial charge in [-0.05, 0) is 36.1 Å². The van der Waals surface area contributed by atoms with E-state index in [1.165, 1.54) is 0 Å². The number of aryl methyl sites for hydroxylation is 1. The number of hydrogen-bond acceptors (Lipinski definition) is 3. The van der Waals surface area contributed by atoms with Crippen LogP contribution in [0.1, 0.15) is 36.2 Å². The van der Waals surface area contributed by atoms with Crippen LogP contribution in [0.2, 0.25) is 0 Å². The lowest BCUT2D eigenvalue weighted by atomic mass is 10.00. The topological polar surface area (TPSA) is 78.4 Å². The lowest BCUT2D eigenvalue weighted by Gasteiger charge is -2.18. The van der Waals surface area contributed by atoms with Gasteiger partial charge in [-0.2, -0.15) is 0 Å². The molecule has 5 heteroatoms. The molecule has 5 nitrogen and oxygen atoms in total. The summed E-state index contributed by atoms with van der Waals surface area (Å²) < 4.78 is 0. The molecule has 2 amide bonds. The second-order valence-corrected chi connectivity index (χ2v) is 5.44. The summed E-state index contributed by atoms with van der Waals surface area (Å²) in [7, 11) is 0. The molecular formula is C15H20N2O3. The van der Waals surface area contributed by atoms with Gasteiger partial charge in [-0.1, -0.05) is 13.8 Å².